The van der Waals surface area contributed by atoms with Gasteiger partial charge in [-0.1, -0.05) is 0 Å². The van der Waals surface area contributed by atoms with Crippen molar-refractivity contribution in [3.63, 3.8) is 0 Å². The van der Waals surface area contributed by atoms with Gasteiger partial charge in [-0.3, -0.25) is 14.6 Å². The molecular formula is C18H28N6O4. The van der Waals surface area contributed by atoms with Gasteiger partial charge < -0.3 is 26.4 Å². The quantitative estimate of drug-likeness (QED) is 0.556. The predicted octanol–water partition coefficient (Wildman–Crippen LogP) is 0.364. The summed E-state index contributed by atoms with van der Waals surface area (Å²) in [6.45, 7) is 4.64. The maximum absolute atomic E-state index is 12.8. The average Bonchev–Trinajstić information content (AvgIpc) is 3.11. The molecule has 10 nitrogen and oxygen atoms in total. The van der Waals surface area contributed by atoms with E-state index in [4.69, 9.17) is 10.5 Å². The molecule has 1 aliphatic rings. The van der Waals surface area contributed by atoms with Gasteiger partial charge >= 0.3 is 12.1 Å². The molecule has 1 saturated heterocycles. The summed E-state index contributed by atoms with van der Waals surface area (Å²) in [5, 5.41) is 8.15. The molecule has 0 saturated carbocycles. The number of hydrogen-bond acceptors (Lipinski definition) is 5. The number of rotatable bonds is 6. The molecule has 5 amide bonds. The predicted molar refractivity (Wildman–Crippen MR) is 105 cm³/mol. The van der Waals surface area contributed by atoms with Crippen LogP contribution in [0.25, 0.3) is 0 Å². The Bertz CT molecular complexity index is 694. The average molecular weight is 392 g/mol. The van der Waals surface area contributed by atoms with Crippen LogP contribution >= 0.6 is 0 Å². The molecule has 0 bridgehead atoms. The maximum Gasteiger partial charge on any atom is 0.323 e. The smallest absolute Gasteiger partial charge is 0.323 e. The second kappa shape index (κ2) is 9.79. The number of nitrogens with one attached hydrogen (secondary N) is 3. The summed E-state index contributed by atoms with van der Waals surface area (Å²) in [6.07, 6.45) is -1.05. The molecule has 1 aromatic carbocycles. The summed E-state index contributed by atoms with van der Waals surface area (Å²) in [4.78, 5) is 40.6. The molecular weight excluding hydrogens is 364 g/mol. The normalized spacial score (nSPS) is 16.1. The second-order valence-corrected chi connectivity index (χ2v) is 6.60. The van der Waals surface area contributed by atoms with Gasteiger partial charge in [0.25, 0.3) is 5.91 Å². The van der Waals surface area contributed by atoms with Crippen LogP contribution in [0, 0.1) is 0 Å². The van der Waals surface area contributed by atoms with Crippen molar-refractivity contribution in [2.45, 2.75) is 26.1 Å². The van der Waals surface area contributed by atoms with Crippen LogP contribution < -0.4 is 26.4 Å². The van der Waals surface area contributed by atoms with Gasteiger partial charge in [-0.25, -0.2) is 9.59 Å². The standard InChI is InChI=1S/C18H28N6O4/c1-12(2)21-17(26)23-10-11-24(16(23)15(25)20-9-8-19)18(27)22-13-4-6-14(28-3)7-5-13/h4-7,12,16H,8-11,19H2,1-3H3,(H,20,25)(H,21,26)(H,22,27). The summed E-state index contributed by atoms with van der Waals surface area (Å²) in [5.41, 5.74) is 6.00. The number of carbonyl (C=O) groups excluding carboxylic acids is 3. The third-order valence-electron chi connectivity index (χ3n) is 4.13. The minimum atomic E-state index is -1.05. The van der Waals surface area contributed by atoms with Gasteiger partial charge in [0.1, 0.15) is 5.75 Å². The molecule has 154 valence electrons. The lowest BCUT2D eigenvalue weighted by molar-refractivity contribution is -0.127. The number of amides is 5. The van der Waals surface area contributed by atoms with Gasteiger partial charge in [-0.2, -0.15) is 0 Å². The Morgan fingerprint density at radius 1 is 1.14 bits per heavy atom. The van der Waals surface area contributed by atoms with Crippen molar-refractivity contribution in [2.75, 3.05) is 38.6 Å². The third-order valence-corrected chi connectivity index (χ3v) is 4.13. The van der Waals surface area contributed by atoms with E-state index in [9.17, 15) is 14.4 Å². The molecule has 0 radical (unpaired) electrons. The van der Waals surface area contributed by atoms with E-state index in [2.05, 4.69) is 16.0 Å². The molecule has 1 aromatic rings. The Kier molecular flexibility index (Phi) is 7.44. The highest BCUT2D eigenvalue weighted by Crippen LogP contribution is 2.19. The van der Waals surface area contributed by atoms with Crippen LogP contribution in [0.5, 0.6) is 5.75 Å². The number of carbonyl (C=O) groups is 3. The van der Waals surface area contributed by atoms with E-state index in [1.165, 1.54) is 9.80 Å². The SMILES string of the molecule is COc1ccc(NC(=O)N2CCN(C(=O)NC(C)C)C2C(=O)NCCN)cc1. The topological polar surface area (TPSA) is 129 Å². The maximum atomic E-state index is 12.8. The van der Waals surface area contributed by atoms with Gasteiger partial charge in [0.2, 0.25) is 0 Å². The molecule has 1 unspecified atom stereocenters. The zero-order chi connectivity index (χ0) is 20.7. The van der Waals surface area contributed by atoms with Crippen LogP contribution in [-0.2, 0) is 4.79 Å². The lowest BCUT2D eigenvalue weighted by Gasteiger charge is -2.29. The summed E-state index contributed by atoms with van der Waals surface area (Å²) < 4.78 is 5.09. The van der Waals surface area contributed by atoms with Gasteiger partial charge in [-0.05, 0) is 38.1 Å². The van der Waals surface area contributed by atoms with Crippen molar-refractivity contribution in [2.24, 2.45) is 5.73 Å². The fraction of sp³-hybridized carbons (Fsp3) is 0.500. The highest BCUT2D eigenvalue weighted by Gasteiger charge is 2.42. The van der Waals surface area contributed by atoms with Crippen molar-refractivity contribution in [3.8, 4) is 5.75 Å². The highest BCUT2D eigenvalue weighted by molar-refractivity contribution is 5.96. The van der Waals surface area contributed by atoms with Gasteiger partial charge in [0.05, 0.1) is 7.11 Å². The molecule has 0 spiro atoms. The minimum Gasteiger partial charge on any atom is -0.497 e. The van der Waals surface area contributed by atoms with E-state index in [0.29, 0.717) is 11.4 Å². The molecule has 5 N–H and O–H groups in total. The van der Waals surface area contributed by atoms with Crippen LogP contribution in [0.3, 0.4) is 0 Å². The van der Waals surface area contributed by atoms with Crippen molar-refractivity contribution in [1.82, 2.24) is 20.4 Å². The van der Waals surface area contributed by atoms with Crippen LogP contribution in [0.4, 0.5) is 15.3 Å². The molecule has 10 heteroatoms. The number of nitrogens with zero attached hydrogens (tertiary/aromatic N) is 2. The molecule has 0 aliphatic carbocycles. The van der Waals surface area contributed by atoms with E-state index < -0.39 is 24.1 Å². The summed E-state index contributed by atoms with van der Waals surface area (Å²) in [6, 6.07) is 5.85. The first-order valence-corrected chi connectivity index (χ1v) is 9.14. The zero-order valence-corrected chi connectivity index (χ0v) is 16.4. The molecule has 1 fully saturated rings. The fourth-order valence-corrected chi connectivity index (χ4v) is 2.82. The lowest BCUT2D eigenvalue weighted by Crippen LogP contribution is -2.57. The number of nitrogens with two attached hydrogens (primary N) is 1. The van der Waals surface area contributed by atoms with Crippen molar-refractivity contribution < 1.29 is 19.1 Å². The van der Waals surface area contributed by atoms with E-state index in [-0.39, 0.29) is 32.2 Å². The van der Waals surface area contributed by atoms with E-state index in [0.717, 1.165) is 0 Å². The van der Waals surface area contributed by atoms with E-state index in [1.54, 1.807) is 31.4 Å². The second-order valence-electron chi connectivity index (χ2n) is 6.60. The Balaban J connectivity index is 2.15. The monoisotopic (exact) mass is 392 g/mol. The molecule has 0 aromatic heterocycles. The number of hydrogen-bond donors (Lipinski definition) is 4. The zero-order valence-electron chi connectivity index (χ0n) is 16.4. The van der Waals surface area contributed by atoms with Crippen LogP contribution in [0.15, 0.2) is 24.3 Å². The fourth-order valence-electron chi connectivity index (χ4n) is 2.82. The first-order valence-electron chi connectivity index (χ1n) is 9.14. The molecule has 2 rings (SSSR count). The van der Waals surface area contributed by atoms with E-state index >= 15 is 0 Å². The minimum absolute atomic E-state index is 0.0950. The van der Waals surface area contributed by atoms with Crippen LogP contribution in [0.2, 0.25) is 0 Å². The number of benzene rings is 1. The van der Waals surface area contributed by atoms with Gasteiger partial charge in [-0.15, -0.1) is 0 Å². The van der Waals surface area contributed by atoms with Crippen molar-refractivity contribution in [3.05, 3.63) is 24.3 Å². The number of urea groups is 2. The summed E-state index contributed by atoms with van der Waals surface area (Å²) in [7, 11) is 1.55. The lowest BCUT2D eigenvalue weighted by atomic mass is 10.3. The summed E-state index contributed by atoms with van der Waals surface area (Å²) >= 11 is 0. The first-order chi connectivity index (χ1) is 13.4. The largest absolute Gasteiger partial charge is 0.497 e. The Hall–Kier alpha value is -3.01. The van der Waals surface area contributed by atoms with E-state index in [1.807, 2.05) is 13.8 Å². The number of methoxy groups -OCH3 is 1. The van der Waals surface area contributed by atoms with Crippen molar-refractivity contribution in [1.29, 1.82) is 0 Å². The highest BCUT2D eigenvalue weighted by atomic mass is 16.5. The molecule has 1 aliphatic heterocycles. The molecule has 28 heavy (non-hydrogen) atoms. The third kappa shape index (κ3) is 5.26. The van der Waals surface area contributed by atoms with Crippen LogP contribution in [0.1, 0.15) is 13.8 Å². The molecule has 1 heterocycles. The number of ether oxygens (including phenoxy) is 1. The van der Waals surface area contributed by atoms with Crippen LogP contribution in [-0.4, -0.2) is 73.3 Å². The number of anilines is 1. The van der Waals surface area contributed by atoms with Gasteiger partial charge in [0, 0.05) is 37.9 Å². The molecule has 1 atom stereocenters. The Morgan fingerprint density at radius 2 is 1.75 bits per heavy atom. The Morgan fingerprint density at radius 3 is 2.29 bits per heavy atom. The first kappa shape index (κ1) is 21.3. The van der Waals surface area contributed by atoms with Gasteiger partial charge in [0.15, 0.2) is 6.17 Å². The Labute approximate surface area is 164 Å². The summed E-state index contributed by atoms with van der Waals surface area (Å²) in [5.74, 6) is 0.210. The van der Waals surface area contributed by atoms with Crippen molar-refractivity contribution >= 4 is 23.7 Å².